The van der Waals surface area contributed by atoms with Crippen LogP contribution in [0.2, 0.25) is 0 Å². The number of hydrogen-bond acceptors (Lipinski definition) is 4. The number of anilines is 1. The molecule has 2 heterocycles. The van der Waals surface area contributed by atoms with Crippen molar-refractivity contribution >= 4 is 11.7 Å². The van der Waals surface area contributed by atoms with Crippen molar-refractivity contribution in [1.82, 2.24) is 14.8 Å². The summed E-state index contributed by atoms with van der Waals surface area (Å²) >= 11 is 0. The number of ether oxygens (including phenoxy) is 1. The van der Waals surface area contributed by atoms with Gasteiger partial charge in [0.15, 0.2) is 0 Å². The zero-order chi connectivity index (χ0) is 31.0. The minimum absolute atomic E-state index is 0. The van der Waals surface area contributed by atoms with E-state index < -0.39 is 12.2 Å². The van der Waals surface area contributed by atoms with E-state index in [9.17, 15) is 18.0 Å². The van der Waals surface area contributed by atoms with E-state index in [1.165, 1.54) is 18.0 Å². The first kappa shape index (κ1) is 34.1. The topological polar surface area (TPSA) is 60.3 Å². The van der Waals surface area contributed by atoms with Crippen molar-refractivity contribution < 1.29 is 41.6 Å². The molecule has 232 valence electrons. The molecule has 10 heteroatoms. The summed E-state index contributed by atoms with van der Waals surface area (Å²) in [5.74, 6) is 0.996. The van der Waals surface area contributed by atoms with Gasteiger partial charge < -0.3 is 18.6 Å². The molecule has 3 fully saturated rings. The van der Waals surface area contributed by atoms with E-state index in [0.29, 0.717) is 36.3 Å². The van der Waals surface area contributed by atoms with Gasteiger partial charge in [0, 0.05) is 24.5 Å². The van der Waals surface area contributed by atoms with Crippen molar-refractivity contribution in [3.05, 3.63) is 73.9 Å². The number of methoxy groups -OCH3 is 1. The number of benzene rings is 1. The predicted molar refractivity (Wildman–Crippen MR) is 162 cm³/mol. The summed E-state index contributed by atoms with van der Waals surface area (Å²) in [5, 5.41) is 3.97. The number of amides is 1. The molecule has 3 aliphatic carbocycles. The minimum atomic E-state index is -4.41. The third-order valence-electron chi connectivity index (χ3n) is 10.0. The molecule has 0 saturated heterocycles. The number of carbonyl (C=O) groups is 1. The second-order valence-electron chi connectivity index (χ2n) is 12.5. The van der Waals surface area contributed by atoms with Crippen LogP contribution in [0.5, 0.6) is 5.75 Å². The molecule has 1 amide bonds. The minimum Gasteiger partial charge on any atom is -0.496 e. The van der Waals surface area contributed by atoms with E-state index in [-0.39, 0.29) is 41.5 Å². The number of pyridine rings is 1. The van der Waals surface area contributed by atoms with Crippen LogP contribution in [-0.2, 0) is 10.2 Å². The fourth-order valence-corrected chi connectivity index (χ4v) is 6.96. The Kier molecular flexibility index (Phi) is 10.3. The number of aryl methyl sites for hydroxylation is 1. The largest absolute Gasteiger partial charge is 1.00 e. The number of hydrogen-bond donors (Lipinski definition) is 0. The van der Waals surface area contributed by atoms with Crippen LogP contribution >= 0.6 is 0 Å². The van der Waals surface area contributed by atoms with Crippen LogP contribution in [0.4, 0.5) is 19.0 Å². The maximum Gasteiger partial charge on any atom is 1.00 e. The van der Waals surface area contributed by atoms with Crippen molar-refractivity contribution in [2.24, 2.45) is 11.3 Å². The average Bonchev–Trinajstić information content (AvgIpc) is 3.51. The third-order valence-corrected chi connectivity index (χ3v) is 10.0. The van der Waals surface area contributed by atoms with E-state index in [2.05, 4.69) is 49.1 Å². The number of alkyl halides is 3. The van der Waals surface area contributed by atoms with Gasteiger partial charge in [-0.2, -0.15) is 31.1 Å². The molecule has 0 spiro atoms. The van der Waals surface area contributed by atoms with Gasteiger partial charge in [-0.15, -0.1) is 0 Å². The molecule has 0 N–H and O–H groups in total. The van der Waals surface area contributed by atoms with Crippen LogP contribution in [0.15, 0.2) is 48.9 Å². The summed E-state index contributed by atoms with van der Waals surface area (Å²) in [7, 11) is 1.70. The van der Waals surface area contributed by atoms with Crippen LogP contribution < -0.4 is 28.5 Å². The monoisotopic (exact) mass is 601 g/mol. The Morgan fingerprint density at radius 1 is 1.07 bits per heavy atom. The standard InChI is InChI=1S/C34H41F3N4O2.Li/c1-6-25(7-2)31(42)40(30-19-26(10-17-38-30)27-20-39-41(21-27)24(4)34(35,36)37)22-32-11-14-33(15-12-32,16-13-32)28-8-9-29(43-5)23(3)18-28;/h8-10,17-21,24-25H,1-2,6-7,11-16,22H2,3-5H3;/q-2;+1. The van der Waals surface area contributed by atoms with Gasteiger partial charge >= 0.3 is 25.0 Å². The Bertz CT molecular complexity index is 1430. The Balaban J connectivity index is 0.00000442. The molecule has 3 aliphatic rings. The molecule has 1 atom stereocenters. The van der Waals surface area contributed by atoms with Gasteiger partial charge in [0.1, 0.15) is 17.6 Å². The molecule has 2 bridgehead atoms. The molecule has 2 aromatic heterocycles. The number of carbonyl (C=O) groups excluding carboxylic acids is 1. The SMILES string of the molecule is [CH2-]CC(C[CH2-])C(=O)N(CC12CCC(c3ccc(OC)c(C)c3)(CC1)CC2)c1cc(-c2cnn(C(C)C(F)(F)F)c2)ccn1.[Li+]. The zero-order valence-electron chi connectivity index (χ0n) is 26.3. The molecule has 44 heavy (non-hydrogen) atoms. The Morgan fingerprint density at radius 3 is 2.30 bits per heavy atom. The Morgan fingerprint density at radius 2 is 1.73 bits per heavy atom. The average molecular weight is 602 g/mol. The van der Waals surface area contributed by atoms with Crippen molar-refractivity contribution in [2.45, 2.75) is 82.8 Å². The van der Waals surface area contributed by atoms with Gasteiger partial charge in [0.2, 0.25) is 5.91 Å². The first-order chi connectivity index (χ1) is 20.4. The summed E-state index contributed by atoms with van der Waals surface area (Å²) in [6.07, 6.45) is 7.03. The molecule has 1 unspecified atom stereocenters. The first-order valence-corrected chi connectivity index (χ1v) is 15.1. The molecule has 0 radical (unpaired) electrons. The summed E-state index contributed by atoms with van der Waals surface area (Å²) < 4.78 is 46.2. The molecule has 6 nitrogen and oxygen atoms in total. The number of aromatic nitrogens is 3. The fraction of sp³-hybridized carbons (Fsp3) is 0.500. The third kappa shape index (κ3) is 6.60. The maximum atomic E-state index is 13.9. The van der Waals surface area contributed by atoms with Gasteiger partial charge in [-0.05, 0) is 104 Å². The summed E-state index contributed by atoms with van der Waals surface area (Å²) in [5.41, 5.74) is 3.81. The normalized spacial score (nSPS) is 22.0. The summed E-state index contributed by atoms with van der Waals surface area (Å²) in [4.78, 5) is 20.3. The van der Waals surface area contributed by atoms with Crippen molar-refractivity contribution in [3.8, 4) is 16.9 Å². The second-order valence-corrected chi connectivity index (χ2v) is 12.5. The zero-order valence-corrected chi connectivity index (χ0v) is 26.3. The van der Waals surface area contributed by atoms with Gasteiger partial charge in [-0.3, -0.25) is 14.4 Å². The number of nitrogens with zero attached hydrogens (tertiary/aromatic N) is 4. The second kappa shape index (κ2) is 13.3. The van der Waals surface area contributed by atoms with Crippen LogP contribution in [-0.4, -0.2) is 40.5 Å². The van der Waals surface area contributed by atoms with Crippen LogP contribution in [0.3, 0.4) is 0 Å². The molecule has 0 aliphatic heterocycles. The van der Waals surface area contributed by atoms with Crippen LogP contribution in [0.1, 0.15) is 75.5 Å². The van der Waals surface area contributed by atoms with Gasteiger partial charge in [0.25, 0.3) is 0 Å². The predicted octanol–water partition coefficient (Wildman–Crippen LogP) is 5.08. The van der Waals surface area contributed by atoms with Gasteiger partial charge in [-0.25, -0.2) is 4.98 Å². The molecular formula is C34H41F3LiN4O2-. The molecular weight excluding hydrogens is 560 g/mol. The Labute approximate surface area is 270 Å². The molecule has 3 aromatic rings. The van der Waals surface area contributed by atoms with Gasteiger partial charge in [-0.1, -0.05) is 12.1 Å². The molecule has 3 saturated carbocycles. The number of rotatable bonds is 10. The number of fused-ring (bicyclic) bond motifs is 3. The Hall–Kier alpha value is -2.76. The number of halogens is 3. The van der Waals surface area contributed by atoms with Crippen LogP contribution in [0, 0.1) is 32.1 Å². The van der Waals surface area contributed by atoms with Gasteiger partial charge in [0.05, 0.1) is 13.3 Å². The maximum absolute atomic E-state index is 13.9. The van der Waals surface area contributed by atoms with Crippen molar-refractivity contribution in [1.29, 1.82) is 0 Å². The first-order valence-electron chi connectivity index (χ1n) is 15.1. The smallest absolute Gasteiger partial charge is 0.496 e. The van der Waals surface area contributed by atoms with Crippen LogP contribution in [0.25, 0.3) is 11.1 Å². The molecule has 6 rings (SSSR count). The summed E-state index contributed by atoms with van der Waals surface area (Å²) in [6.45, 7) is 11.7. The molecule has 1 aromatic carbocycles. The van der Waals surface area contributed by atoms with Crippen molar-refractivity contribution in [3.63, 3.8) is 0 Å². The quantitative estimate of drug-likeness (QED) is 0.240. The van der Waals surface area contributed by atoms with E-state index in [1.807, 2.05) is 0 Å². The van der Waals surface area contributed by atoms with E-state index in [4.69, 9.17) is 4.74 Å². The van der Waals surface area contributed by atoms with E-state index in [1.54, 1.807) is 30.3 Å². The van der Waals surface area contributed by atoms with E-state index in [0.717, 1.165) is 61.4 Å². The summed E-state index contributed by atoms with van der Waals surface area (Å²) in [6, 6.07) is 8.32. The fourth-order valence-electron chi connectivity index (χ4n) is 6.96. The van der Waals surface area contributed by atoms with Crippen molar-refractivity contribution in [2.75, 3.05) is 18.6 Å². The van der Waals surface area contributed by atoms with E-state index >= 15 is 0 Å².